The second-order valence-corrected chi connectivity index (χ2v) is 10.3. The van der Waals surface area contributed by atoms with Gasteiger partial charge >= 0.3 is 0 Å². The van der Waals surface area contributed by atoms with Crippen molar-refractivity contribution >= 4 is 23.7 Å². The zero-order chi connectivity index (χ0) is 31.6. The van der Waals surface area contributed by atoms with Crippen LogP contribution < -0.4 is 16.0 Å². The van der Waals surface area contributed by atoms with Crippen LogP contribution in [0.1, 0.15) is 33.2 Å². The maximum absolute atomic E-state index is 12.3. The van der Waals surface area contributed by atoms with E-state index in [4.69, 9.17) is 10.2 Å². The molecule has 0 fully saturated rings. The number of carbonyl (C=O) groups excluding carboxylic acids is 2. The summed E-state index contributed by atoms with van der Waals surface area (Å²) in [6, 6.07) is 26.4. The SMILES string of the molecule is CN(C)C(=O)c1cc(-c2ccccc2)nc(NCc2ccco2)n1.NC(=O)c1cc(-c2ccccc2)nc(N2CC=CCC2)n1. The number of benzene rings is 2. The van der Waals surface area contributed by atoms with Gasteiger partial charge in [-0.1, -0.05) is 72.8 Å². The molecule has 0 radical (unpaired) electrons. The van der Waals surface area contributed by atoms with Gasteiger partial charge in [-0.2, -0.15) is 0 Å². The van der Waals surface area contributed by atoms with Crippen LogP contribution in [0.3, 0.4) is 0 Å². The molecule has 1 aliphatic rings. The highest BCUT2D eigenvalue weighted by atomic mass is 16.3. The van der Waals surface area contributed by atoms with Crippen molar-refractivity contribution in [3.8, 4) is 22.5 Å². The number of hydrogen-bond acceptors (Lipinski definition) is 9. The number of nitrogens with zero attached hydrogens (tertiary/aromatic N) is 6. The first kappa shape index (κ1) is 30.6. The van der Waals surface area contributed by atoms with Gasteiger partial charge in [0.15, 0.2) is 0 Å². The molecule has 3 aromatic heterocycles. The smallest absolute Gasteiger partial charge is 0.272 e. The Labute approximate surface area is 261 Å². The van der Waals surface area contributed by atoms with E-state index in [1.165, 1.54) is 4.90 Å². The summed E-state index contributed by atoms with van der Waals surface area (Å²) in [4.78, 5) is 45.1. The van der Waals surface area contributed by atoms with Crippen LogP contribution in [0, 0.1) is 0 Å². The van der Waals surface area contributed by atoms with Gasteiger partial charge in [0.1, 0.15) is 17.1 Å². The highest BCUT2D eigenvalue weighted by molar-refractivity contribution is 5.93. The van der Waals surface area contributed by atoms with Gasteiger partial charge in [-0.15, -0.1) is 0 Å². The van der Waals surface area contributed by atoms with E-state index in [0.29, 0.717) is 35.5 Å². The molecular formula is C34H34N8O3. The third-order valence-electron chi connectivity index (χ3n) is 6.80. The van der Waals surface area contributed by atoms with Crippen molar-refractivity contribution in [2.75, 3.05) is 37.4 Å². The van der Waals surface area contributed by atoms with E-state index >= 15 is 0 Å². The molecule has 2 amide bonds. The van der Waals surface area contributed by atoms with Crippen LogP contribution >= 0.6 is 0 Å². The van der Waals surface area contributed by atoms with Crippen molar-refractivity contribution in [3.63, 3.8) is 0 Å². The van der Waals surface area contributed by atoms with Crippen LogP contribution in [0.5, 0.6) is 0 Å². The summed E-state index contributed by atoms with van der Waals surface area (Å²) in [7, 11) is 3.39. The third kappa shape index (κ3) is 8.17. The van der Waals surface area contributed by atoms with Crippen LogP contribution in [0.15, 0.2) is 108 Å². The van der Waals surface area contributed by atoms with Gasteiger partial charge in [0, 0.05) is 38.3 Å². The number of primary amides is 1. The molecular weight excluding hydrogens is 568 g/mol. The monoisotopic (exact) mass is 602 g/mol. The summed E-state index contributed by atoms with van der Waals surface area (Å²) in [5.74, 6) is 0.996. The lowest BCUT2D eigenvalue weighted by Crippen LogP contribution is -2.29. The lowest BCUT2D eigenvalue weighted by molar-refractivity contribution is 0.0821. The van der Waals surface area contributed by atoms with Crippen molar-refractivity contribution in [1.29, 1.82) is 0 Å². The van der Waals surface area contributed by atoms with Gasteiger partial charge in [-0.25, -0.2) is 19.9 Å². The van der Waals surface area contributed by atoms with E-state index in [1.807, 2.05) is 77.7 Å². The standard InChI is InChI=1S/C18H18N4O2.C16H16N4O/c1-22(2)17(23)16-11-15(13-7-4-3-5-8-13)20-18(21-16)19-12-14-9-6-10-24-14;17-15(21)14-11-13(12-7-3-1-4-8-12)18-16(19-14)20-9-5-2-6-10-20/h3-11H,12H2,1-2H3,(H,19,20,21);1-5,7-8,11H,6,9-10H2,(H2,17,21). The molecule has 0 atom stereocenters. The molecule has 0 saturated carbocycles. The highest BCUT2D eigenvalue weighted by Gasteiger charge is 2.17. The molecule has 5 aromatic rings. The molecule has 45 heavy (non-hydrogen) atoms. The number of nitrogens with two attached hydrogens (primary N) is 1. The molecule has 2 aromatic carbocycles. The van der Waals surface area contributed by atoms with Gasteiger partial charge in [0.25, 0.3) is 11.8 Å². The van der Waals surface area contributed by atoms with Crippen molar-refractivity contribution in [2.24, 2.45) is 5.73 Å². The van der Waals surface area contributed by atoms with Gasteiger partial charge in [-0.3, -0.25) is 9.59 Å². The molecule has 228 valence electrons. The average molecular weight is 603 g/mol. The Balaban J connectivity index is 0.000000179. The molecule has 3 N–H and O–H groups in total. The van der Waals surface area contributed by atoms with Crippen molar-refractivity contribution in [2.45, 2.75) is 13.0 Å². The van der Waals surface area contributed by atoms with E-state index in [2.05, 4.69) is 37.4 Å². The second kappa shape index (κ2) is 14.6. The van der Waals surface area contributed by atoms with E-state index in [-0.39, 0.29) is 11.6 Å². The molecule has 0 bridgehead atoms. The lowest BCUT2D eigenvalue weighted by Gasteiger charge is -2.24. The predicted molar refractivity (Wildman–Crippen MR) is 173 cm³/mol. The maximum Gasteiger partial charge on any atom is 0.272 e. The Morgan fingerprint density at radius 2 is 1.51 bits per heavy atom. The lowest BCUT2D eigenvalue weighted by atomic mass is 10.1. The first-order valence-corrected chi connectivity index (χ1v) is 14.4. The summed E-state index contributed by atoms with van der Waals surface area (Å²) < 4.78 is 5.29. The van der Waals surface area contributed by atoms with Crippen molar-refractivity contribution in [3.05, 3.63) is 120 Å². The van der Waals surface area contributed by atoms with E-state index in [0.717, 1.165) is 36.4 Å². The molecule has 6 rings (SSSR count). The Morgan fingerprint density at radius 3 is 2.09 bits per heavy atom. The average Bonchev–Trinajstić information content (AvgIpc) is 3.62. The highest BCUT2D eigenvalue weighted by Crippen LogP contribution is 2.22. The van der Waals surface area contributed by atoms with Crippen LogP contribution in [0.4, 0.5) is 11.9 Å². The summed E-state index contributed by atoms with van der Waals surface area (Å²) in [5, 5.41) is 3.10. The second-order valence-electron chi connectivity index (χ2n) is 10.3. The fourth-order valence-electron chi connectivity index (χ4n) is 4.48. The minimum absolute atomic E-state index is 0.171. The van der Waals surface area contributed by atoms with Gasteiger partial charge in [0.05, 0.1) is 24.2 Å². The number of furan rings is 1. The van der Waals surface area contributed by atoms with E-state index in [1.54, 1.807) is 32.5 Å². The molecule has 1 aliphatic heterocycles. The normalized spacial score (nSPS) is 12.2. The zero-order valence-electron chi connectivity index (χ0n) is 25.1. The topological polar surface area (TPSA) is 143 Å². The van der Waals surface area contributed by atoms with Gasteiger partial charge in [-0.05, 0) is 30.7 Å². The number of aromatic nitrogens is 4. The van der Waals surface area contributed by atoms with Crippen LogP contribution in [0.2, 0.25) is 0 Å². The summed E-state index contributed by atoms with van der Waals surface area (Å²) >= 11 is 0. The largest absolute Gasteiger partial charge is 0.467 e. The molecule has 4 heterocycles. The van der Waals surface area contributed by atoms with Gasteiger partial charge < -0.3 is 25.3 Å². The Hall–Kier alpha value is -5.84. The quantitative estimate of drug-likeness (QED) is 0.233. The summed E-state index contributed by atoms with van der Waals surface area (Å²) in [6.07, 6.45) is 6.77. The van der Waals surface area contributed by atoms with Crippen molar-refractivity contribution < 1.29 is 14.0 Å². The Morgan fingerprint density at radius 1 is 0.844 bits per heavy atom. The van der Waals surface area contributed by atoms with Crippen LogP contribution in [-0.2, 0) is 6.54 Å². The minimum Gasteiger partial charge on any atom is -0.467 e. The molecule has 0 spiro atoms. The zero-order valence-corrected chi connectivity index (χ0v) is 25.1. The number of carbonyl (C=O) groups is 2. The van der Waals surface area contributed by atoms with Crippen molar-refractivity contribution in [1.82, 2.24) is 24.8 Å². The summed E-state index contributed by atoms with van der Waals surface area (Å²) in [5.41, 5.74) is 9.25. The fourth-order valence-corrected chi connectivity index (χ4v) is 4.48. The first-order valence-electron chi connectivity index (χ1n) is 14.4. The number of anilines is 2. The molecule has 11 nitrogen and oxygen atoms in total. The number of rotatable bonds is 8. The maximum atomic E-state index is 12.3. The fraction of sp³-hybridized carbons (Fsp3) is 0.176. The number of hydrogen-bond donors (Lipinski definition) is 2. The molecule has 11 heteroatoms. The van der Waals surface area contributed by atoms with E-state index < -0.39 is 5.91 Å². The Bertz CT molecular complexity index is 1760. The predicted octanol–water partition coefficient (Wildman–Crippen LogP) is 5.06. The molecule has 0 unspecified atom stereocenters. The number of nitrogens with one attached hydrogen (secondary N) is 1. The van der Waals surface area contributed by atoms with Crippen LogP contribution in [0.25, 0.3) is 22.5 Å². The number of amides is 2. The molecule has 0 saturated heterocycles. The van der Waals surface area contributed by atoms with Crippen LogP contribution in [-0.4, -0.2) is 63.8 Å². The Kier molecular flexibility index (Phi) is 9.90. The van der Waals surface area contributed by atoms with E-state index in [9.17, 15) is 9.59 Å². The summed E-state index contributed by atoms with van der Waals surface area (Å²) in [6.45, 7) is 2.03. The van der Waals surface area contributed by atoms with Gasteiger partial charge in [0.2, 0.25) is 11.9 Å². The minimum atomic E-state index is -0.539. The first-order chi connectivity index (χ1) is 21.9. The molecule has 0 aliphatic carbocycles. The third-order valence-corrected chi connectivity index (χ3v) is 6.80.